The number of carbonyl (C=O) groups is 1. The zero-order chi connectivity index (χ0) is 18.4. The molecule has 2 aromatic rings. The predicted octanol–water partition coefficient (Wildman–Crippen LogP) is 5.45. The minimum Gasteiger partial charge on any atom is -0.272 e. The highest BCUT2D eigenvalue weighted by Gasteiger charge is 2.14. The number of nitrogens with zero attached hydrogens (tertiary/aromatic N) is 1. The second-order valence-corrected chi connectivity index (χ2v) is 7.28. The molecule has 0 spiro atoms. The van der Waals surface area contributed by atoms with Gasteiger partial charge in [-0.05, 0) is 48.1 Å². The summed E-state index contributed by atoms with van der Waals surface area (Å²) in [5, 5.41) is 4.92. The van der Waals surface area contributed by atoms with E-state index in [1.165, 1.54) is 5.56 Å². The molecule has 25 heavy (non-hydrogen) atoms. The molecule has 0 fully saturated rings. The van der Waals surface area contributed by atoms with Gasteiger partial charge in [0.15, 0.2) is 0 Å². The third-order valence-corrected chi connectivity index (χ3v) is 4.59. The maximum Gasteiger partial charge on any atom is 0.247 e. The molecule has 2 aromatic carbocycles. The van der Waals surface area contributed by atoms with E-state index in [0.29, 0.717) is 16.0 Å². The SMILES string of the molecule is CC(C)Cc1ccc(C(C)C(=O)NN=Cc2ccc(Cl)c(Cl)c2)cc1. The molecular weight excluding hydrogens is 355 g/mol. The number of nitrogens with one attached hydrogen (secondary N) is 1. The van der Waals surface area contributed by atoms with Crippen molar-refractivity contribution in [2.45, 2.75) is 33.1 Å². The van der Waals surface area contributed by atoms with Gasteiger partial charge in [0.1, 0.15) is 0 Å². The summed E-state index contributed by atoms with van der Waals surface area (Å²) in [7, 11) is 0. The van der Waals surface area contributed by atoms with Gasteiger partial charge in [-0.15, -0.1) is 0 Å². The van der Waals surface area contributed by atoms with E-state index in [-0.39, 0.29) is 11.8 Å². The van der Waals surface area contributed by atoms with Crippen LogP contribution in [0.25, 0.3) is 0 Å². The number of hydrogen-bond acceptors (Lipinski definition) is 2. The Morgan fingerprint density at radius 3 is 2.36 bits per heavy atom. The average Bonchev–Trinajstić information content (AvgIpc) is 2.57. The molecule has 0 aliphatic carbocycles. The smallest absolute Gasteiger partial charge is 0.247 e. The normalized spacial score (nSPS) is 12.6. The molecule has 0 aromatic heterocycles. The first-order valence-electron chi connectivity index (χ1n) is 8.23. The van der Waals surface area contributed by atoms with Crippen LogP contribution in [-0.2, 0) is 11.2 Å². The molecule has 1 unspecified atom stereocenters. The fourth-order valence-electron chi connectivity index (χ4n) is 2.43. The largest absolute Gasteiger partial charge is 0.272 e. The highest BCUT2D eigenvalue weighted by atomic mass is 35.5. The van der Waals surface area contributed by atoms with E-state index in [1.54, 1.807) is 24.4 Å². The molecule has 5 heteroatoms. The van der Waals surface area contributed by atoms with Crippen LogP contribution in [-0.4, -0.2) is 12.1 Å². The van der Waals surface area contributed by atoms with Gasteiger partial charge in [-0.25, -0.2) is 5.43 Å². The second-order valence-electron chi connectivity index (χ2n) is 6.47. The minimum absolute atomic E-state index is 0.159. The van der Waals surface area contributed by atoms with E-state index in [0.717, 1.165) is 17.5 Å². The Hall–Kier alpha value is -1.84. The predicted molar refractivity (Wildman–Crippen MR) is 106 cm³/mol. The van der Waals surface area contributed by atoms with Crippen molar-refractivity contribution in [2.75, 3.05) is 0 Å². The van der Waals surface area contributed by atoms with Crippen LogP contribution in [0.5, 0.6) is 0 Å². The molecule has 0 radical (unpaired) electrons. The quantitative estimate of drug-likeness (QED) is 0.528. The Bertz CT molecular complexity index is 755. The number of hydrazone groups is 1. The van der Waals surface area contributed by atoms with E-state index in [9.17, 15) is 4.79 Å². The van der Waals surface area contributed by atoms with Gasteiger partial charge in [-0.1, -0.05) is 67.4 Å². The Labute approximate surface area is 159 Å². The topological polar surface area (TPSA) is 41.5 Å². The molecule has 1 atom stereocenters. The zero-order valence-electron chi connectivity index (χ0n) is 14.6. The summed E-state index contributed by atoms with van der Waals surface area (Å²) in [5.41, 5.74) is 5.58. The molecule has 0 saturated carbocycles. The Morgan fingerprint density at radius 2 is 1.76 bits per heavy atom. The lowest BCUT2D eigenvalue weighted by molar-refractivity contribution is -0.122. The van der Waals surface area contributed by atoms with Gasteiger partial charge in [-0.2, -0.15) is 5.10 Å². The molecule has 0 bridgehead atoms. The molecule has 0 aliphatic heterocycles. The summed E-state index contributed by atoms with van der Waals surface area (Å²) in [6.07, 6.45) is 2.58. The van der Waals surface area contributed by atoms with E-state index in [4.69, 9.17) is 23.2 Å². The van der Waals surface area contributed by atoms with Crippen molar-refractivity contribution in [3.8, 4) is 0 Å². The summed E-state index contributed by atoms with van der Waals surface area (Å²) < 4.78 is 0. The van der Waals surface area contributed by atoms with Crippen molar-refractivity contribution in [3.63, 3.8) is 0 Å². The van der Waals surface area contributed by atoms with Gasteiger partial charge in [0.05, 0.1) is 22.2 Å². The fourth-order valence-corrected chi connectivity index (χ4v) is 2.73. The van der Waals surface area contributed by atoms with Gasteiger partial charge in [0.25, 0.3) is 0 Å². The Morgan fingerprint density at radius 1 is 1.08 bits per heavy atom. The van der Waals surface area contributed by atoms with Gasteiger partial charge in [-0.3, -0.25) is 4.79 Å². The highest BCUT2D eigenvalue weighted by Crippen LogP contribution is 2.22. The van der Waals surface area contributed by atoms with Crippen LogP contribution in [0.15, 0.2) is 47.6 Å². The van der Waals surface area contributed by atoms with Crippen LogP contribution in [0.1, 0.15) is 43.4 Å². The molecule has 0 saturated heterocycles. The highest BCUT2D eigenvalue weighted by molar-refractivity contribution is 6.42. The number of amides is 1. The number of rotatable bonds is 6. The lowest BCUT2D eigenvalue weighted by Gasteiger charge is -2.11. The Kier molecular flexibility index (Phi) is 7.03. The maximum absolute atomic E-state index is 12.2. The van der Waals surface area contributed by atoms with Crippen LogP contribution in [0.4, 0.5) is 0 Å². The van der Waals surface area contributed by atoms with Crippen molar-refractivity contribution in [1.82, 2.24) is 5.43 Å². The number of hydrogen-bond donors (Lipinski definition) is 1. The third-order valence-electron chi connectivity index (χ3n) is 3.85. The van der Waals surface area contributed by atoms with Crippen molar-refractivity contribution in [2.24, 2.45) is 11.0 Å². The van der Waals surface area contributed by atoms with Crippen LogP contribution in [0.2, 0.25) is 10.0 Å². The lowest BCUT2D eigenvalue weighted by atomic mass is 9.96. The third kappa shape index (κ3) is 5.87. The van der Waals surface area contributed by atoms with E-state index in [2.05, 4.69) is 36.5 Å². The van der Waals surface area contributed by atoms with E-state index >= 15 is 0 Å². The zero-order valence-corrected chi connectivity index (χ0v) is 16.1. The van der Waals surface area contributed by atoms with Crippen LogP contribution < -0.4 is 5.43 Å². The van der Waals surface area contributed by atoms with Crippen LogP contribution in [0.3, 0.4) is 0 Å². The maximum atomic E-state index is 12.2. The van der Waals surface area contributed by atoms with E-state index < -0.39 is 0 Å². The van der Waals surface area contributed by atoms with Crippen molar-refractivity contribution >= 4 is 35.3 Å². The lowest BCUT2D eigenvalue weighted by Crippen LogP contribution is -2.23. The summed E-state index contributed by atoms with van der Waals surface area (Å²) in [4.78, 5) is 12.2. The summed E-state index contributed by atoms with van der Waals surface area (Å²) >= 11 is 11.8. The molecule has 1 N–H and O–H groups in total. The molecule has 0 aliphatic rings. The monoisotopic (exact) mass is 376 g/mol. The second kappa shape index (κ2) is 9.02. The minimum atomic E-state index is -0.279. The molecule has 0 heterocycles. The summed E-state index contributed by atoms with van der Waals surface area (Å²) in [6.45, 7) is 6.24. The van der Waals surface area contributed by atoms with Gasteiger partial charge >= 0.3 is 0 Å². The van der Waals surface area contributed by atoms with Crippen molar-refractivity contribution < 1.29 is 4.79 Å². The first-order chi connectivity index (χ1) is 11.9. The van der Waals surface area contributed by atoms with Crippen molar-refractivity contribution in [3.05, 3.63) is 69.2 Å². The number of halogens is 2. The van der Waals surface area contributed by atoms with E-state index in [1.807, 2.05) is 19.1 Å². The van der Waals surface area contributed by atoms with Gasteiger partial charge in [0.2, 0.25) is 5.91 Å². The molecule has 3 nitrogen and oxygen atoms in total. The fraction of sp³-hybridized carbons (Fsp3) is 0.300. The summed E-state index contributed by atoms with van der Waals surface area (Å²) in [5.74, 6) is 0.175. The molecular formula is C20H22Cl2N2O. The van der Waals surface area contributed by atoms with Gasteiger partial charge < -0.3 is 0 Å². The first-order valence-corrected chi connectivity index (χ1v) is 8.99. The molecule has 2 rings (SSSR count). The van der Waals surface area contributed by atoms with Crippen LogP contribution >= 0.6 is 23.2 Å². The van der Waals surface area contributed by atoms with Crippen LogP contribution in [0, 0.1) is 5.92 Å². The Balaban J connectivity index is 1.95. The number of carbonyl (C=O) groups excluding carboxylic acids is 1. The molecule has 132 valence electrons. The number of benzene rings is 2. The summed E-state index contributed by atoms with van der Waals surface area (Å²) in [6, 6.07) is 13.3. The van der Waals surface area contributed by atoms with Gasteiger partial charge in [0, 0.05) is 0 Å². The standard InChI is InChI=1S/C20H22Cl2N2O/c1-13(2)10-15-4-7-17(8-5-15)14(3)20(25)24-23-12-16-6-9-18(21)19(22)11-16/h4-9,11-14H,10H2,1-3H3,(H,24,25). The van der Waals surface area contributed by atoms with Crippen molar-refractivity contribution in [1.29, 1.82) is 0 Å². The first kappa shape index (κ1) is 19.5. The molecule has 1 amide bonds. The average molecular weight is 377 g/mol.